The number of halogens is 1. The van der Waals surface area contributed by atoms with Gasteiger partial charge in [0.25, 0.3) is 0 Å². The van der Waals surface area contributed by atoms with Crippen molar-refractivity contribution in [3.63, 3.8) is 0 Å². The second-order valence-electron chi connectivity index (χ2n) is 15.9. The Morgan fingerprint density at radius 1 is 1.02 bits per heavy atom. The van der Waals surface area contributed by atoms with Gasteiger partial charge in [-0.05, 0) is 80.3 Å². The summed E-state index contributed by atoms with van der Waals surface area (Å²) in [6, 6.07) is 6.20. The minimum Gasteiger partial charge on any atom is -0.460 e. The van der Waals surface area contributed by atoms with Crippen LogP contribution in [0, 0.1) is 8.99 Å². The molecule has 7 atom stereocenters. The molecule has 2 bridgehead atoms. The summed E-state index contributed by atoms with van der Waals surface area (Å²) >= 11 is 2.24. The molecule has 1 saturated carbocycles. The van der Waals surface area contributed by atoms with Crippen LogP contribution in [0.2, 0.25) is 0 Å². The monoisotopic (exact) mass is 855 g/mol. The average molecular weight is 856 g/mol. The first-order chi connectivity index (χ1) is 25.2. The van der Waals surface area contributed by atoms with E-state index in [1.165, 1.54) is 0 Å². The van der Waals surface area contributed by atoms with E-state index in [0.717, 1.165) is 47.7 Å². The molecule has 1 aromatic carbocycles. The Bertz CT molecular complexity index is 1430. The number of benzene rings is 1. The first-order valence-electron chi connectivity index (χ1n) is 19.4. The smallest absolute Gasteiger partial charge is 0.327 e. The highest BCUT2D eigenvalue weighted by Gasteiger charge is 2.76. The van der Waals surface area contributed by atoms with E-state index in [-0.39, 0.29) is 45.4 Å². The fourth-order valence-electron chi connectivity index (χ4n) is 8.11. The van der Waals surface area contributed by atoms with Crippen molar-refractivity contribution in [3.05, 3.63) is 33.4 Å². The van der Waals surface area contributed by atoms with E-state index in [2.05, 4.69) is 47.1 Å². The van der Waals surface area contributed by atoms with Gasteiger partial charge in [-0.1, -0.05) is 51.7 Å². The third-order valence-electron chi connectivity index (χ3n) is 10.6. The van der Waals surface area contributed by atoms with Crippen molar-refractivity contribution in [1.29, 1.82) is 0 Å². The first-order valence-corrected chi connectivity index (χ1v) is 20.5. The molecule has 296 valence electrons. The number of amides is 2. The van der Waals surface area contributed by atoms with Crippen LogP contribution in [-0.2, 0) is 49.5 Å². The van der Waals surface area contributed by atoms with Crippen LogP contribution < -0.4 is 10.6 Å². The van der Waals surface area contributed by atoms with Crippen LogP contribution in [0.3, 0.4) is 0 Å². The largest absolute Gasteiger partial charge is 0.460 e. The van der Waals surface area contributed by atoms with Gasteiger partial charge in [0.15, 0.2) is 11.8 Å². The van der Waals surface area contributed by atoms with Gasteiger partial charge in [0, 0.05) is 42.2 Å². The molecule has 3 heterocycles. The van der Waals surface area contributed by atoms with Crippen molar-refractivity contribution in [2.75, 3.05) is 13.2 Å². The summed E-state index contributed by atoms with van der Waals surface area (Å²) in [6.45, 7) is 9.51. The SMILES string of the molecule is CCCCCC1(CCCCC)O[C@@H]2[C@H]3ON(Cc4ccc(I)cc4)[C@H]4C(=O)OC(CC34C(=O)NCCC(=O)N[C@H](CO)CCC(=O)OC(C)(C)C)[C@@H]2O1. The molecule has 53 heavy (non-hydrogen) atoms. The average Bonchev–Trinajstić information content (AvgIpc) is 3.65. The molecule has 4 aliphatic rings. The summed E-state index contributed by atoms with van der Waals surface area (Å²) in [5, 5.41) is 17.1. The minimum atomic E-state index is -1.35. The van der Waals surface area contributed by atoms with Crippen molar-refractivity contribution < 1.29 is 48.1 Å². The molecule has 14 heteroatoms. The number of aliphatic hydroxyl groups is 1. The lowest BCUT2D eigenvalue weighted by Crippen LogP contribution is -2.69. The zero-order chi connectivity index (χ0) is 38.4. The van der Waals surface area contributed by atoms with Gasteiger partial charge in [0.05, 0.1) is 19.2 Å². The number of hydroxylamine groups is 2. The molecule has 5 rings (SSSR count). The summed E-state index contributed by atoms with van der Waals surface area (Å²) in [5.74, 6) is -2.64. The van der Waals surface area contributed by atoms with Gasteiger partial charge in [-0.2, -0.15) is 5.06 Å². The van der Waals surface area contributed by atoms with Crippen LogP contribution in [0.25, 0.3) is 0 Å². The van der Waals surface area contributed by atoms with Crippen LogP contribution in [0.5, 0.6) is 0 Å². The zero-order valence-electron chi connectivity index (χ0n) is 31.8. The fraction of sp³-hybridized carbons (Fsp3) is 0.744. The Morgan fingerprint density at radius 2 is 1.68 bits per heavy atom. The molecule has 3 aliphatic heterocycles. The number of nitrogens with zero attached hydrogens (tertiary/aromatic N) is 1. The Labute approximate surface area is 327 Å². The zero-order valence-corrected chi connectivity index (χ0v) is 34.0. The molecular weight excluding hydrogens is 797 g/mol. The third kappa shape index (κ3) is 9.90. The van der Waals surface area contributed by atoms with Gasteiger partial charge in [-0.25, -0.2) is 0 Å². The number of hydrogen-bond acceptors (Lipinski definition) is 11. The fourth-order valence-corrected chi connectivity index (χ4v) is 8.47. The molecule has 0 radical (unpaired) electrons. The molecule has 13 nitrogen and oxygen atoms in total. The summed E-state index contributed by atoms with van der Waals surface area (Å²) in [7, 11) is 0. The van der Waals surface area contributed by atoms with Crippen molar-refractivity contribution in [3.8, 4) is 0 Å². The number of fused-ring (bicyclic) bond motifs is 4. The van der Waals surface area contributed by atoms with Gasteiger partial charge in [-0.3, -0.25) is 24.0 Å². The number of carbonyl (C=O) groups excluding carboxylic acids is 4. The molecule has 0 aromatic heterocycles. The molecule has 0 spiro atoms. The van der Waals surface area contributed by atoms with E-state index < -0.39 is 77.1 Å². The lowest BCUT2D eigenvalue weighted by molar-refractivity contribution is -0.224. The van der Waals surface area contributed by atoms with Crippen LogP contribution in [0.1, 0.15) is 117 Å². The number of unbranched alkanes of at least 4 members (excludes halogenated alkanes) is 4. The second-order valence-corrected chi connectivity index (χ2v) is 17.2. The molecular formula is C39H58IN3O10. The number of rotatable bonds is 19. The summed E-state index contributed by atoms with van der Waals surface area (Å²) < 4.78 is 26.2. The molecule has 1 aromatic rings. The molecule has 3 saturated heterocycles. The van der Waals surface area contributed by atoms with Crippen molar-refractivity contribution in [2.24, 2.45) is 5.41 Å². The first kappa shape index (κ1) is 41.8. The Hall–Kier alpha value is -2.37. The van der Waals surface area contributed by atoms with E-state index in [0.29, 0.717) is 12.8 Å². The number of nitrogens with one attached hydrogen (secondary N) is 2. The quantitative estimate of drug-likeness (QED) is 0.0993. The Balaban J connectivity index is 1.33. The normalized spacial score (nSPS) is 27.8. The molecule has 3 N–H and O–H groups in total. The summed E-state index contributed by atoms with van der Waals surface area (Å²) in [4.78, 5) is 60.3. The highest BCUT2D eigenvalue weighted by atomic mass is 127. The number of hydrogen-bond donors (Lipinski definition) is 3. The van der Waals surface area contributed by atoms with Crippen LogP contribution in [-0.4, -0.2) is 95.0 Å². The topological polar surface area (TPSA) is 162 Å². The van der Waals surface area contributed by atoms with Crippen LogP contribution >= 0.6 is 22.6 Å². The number of carbonyl (C=O) groups is 4. The maximum Gasteiger partial charge on any atom is 0.327 e. The van der Waals surface area contributed by atoms with Crippen LogP contribution in [0.4, 0.5) is 0 Å². The van der Waals surface area contributed by atoms with Gasteiger partial charge in [0.1, 0.15) is 35.4 Å². The predicted molar refractivity (Wildman–Crippen MR) is 203 cm³/mol. The molecule has 1 aliphatic carbocycles. The van der Waals surface area contributed by atoms with Gasteiger partial charge in [-0.15, -0.1) is 0 Å². The van der Waals surface area contributed by atoms with Gasteiger partial charge < -0.3 is 34.7 Å². The van der Waals surface area contributed by atoms with Crippen molar-refractivity contribution >= 4 is 46.3 Å². The third-order valence-corrected chi connectivity index (χ3v) is 11.3. The standard InChI is InChI=1S/C39H58IN3O10/c1-6-8-10-19-38(20-11-9-7-2)51-31-28-22-39(36(48)41-21-18-29(45)42-27(24-44)16-17-30(46)50-37(3,4)5)33(35(47)49-28)43(53-34(39)32(31)52-38)23-25-12-14-26(40)15-13-25/h12-15,27-28,31-34,44H,6-11,16-24H2,1-5H3,(H,41,48)(H,42,45)/t27-,28?,31-,32-,33-,34+,39?/m0/s1. The maximum absolute atomic E-state index is 14.6. The predicted octanol–water partition coefficient (Wildman–Crippen LogP) is 4.84. The summed E-state index contributed by atoms with van der Waals surface area (Å²) in [6.07, 6.45) is 4.98. The van der Waals surface area contributed by atoms with E-state index in [1.807, 2.05) is 24.3 Å². The lowest BCUT2D eigenvalue weighted by Gasteiger charge is -2.48. The molecule has 4 fully saturated rings. The number of esters is 2. The Kier molecular flexibility index (Phi) is 14.2. The number of aliphatic hydroxyl groups excluding tert-OH is 1. The summed E-state index contributed by atoms with van der Waals surface area (Å²) in [5.41, 5.74) is -1.08. The van der Waals surface area contributed by atoms with Gasteiger partial charge in [0.2, 0.25) is 11.8 Å². The minimum absolute atomic E-state index is 0.0175. The van der Waals surface area contributed by atoms with Crippen molar-refractivity contribution in [2.45, 2.75) is 166 Å². The van der Waals surface area contributed by atoms with E-state index in [1.54, 1.807) is 25.8 Å². The number of ether oxygens (including phenoxy) is 4. The Morgan fingerprint density at radius 3 is 2.30 bits per heavy atom. The lowest BCUT2D eigenvalue weighted by atomic mass is 9.62. The van der Waals surface area contributed by atoms with Crippen LogP contribution in [0.15, 0.2) is 24.3 Å². The second kappa shape index (κ2) is 18.1. The van der Waals surface area contributed by atoms with E-state index in [4.69, 9.17) is 23.8 Å². The van der Waals surface area contributed by atoms with Crippen molar-refractivity contribution in [1.82, 2.24) is 15.7 Å². The van der Waals surface area contributed by atoms with E-state index >= 15 is 0 Å². The van der Waals surface area contributed by atoms with E-state index in [9.17, 15) is 24.3 Å². The highest BCUT2D eigenvalue weighted by Crippen LogP contribution is 2.58. The highest BCUT2D eigenvalue weighted by molar-refractivity contribution is 14.1. The molecule has 2 unspecified atom stereocenters. The molecule has 2 amide bonds. The maximum atomic E-state index is 14.6. The van der Waals surface area contributed by atoms with Gasteiger partial charge >= 0.3 is 11.9 Å².